The van der Waals surface area contributed by atoms with Gasteiger partial charge in [0, 0.05) is 11.3 Å². The molecule has 11 aromatic rings. The van der Waals surface area contributed by atoms with E-state index in [0.717, 1.165) is 12.8 Å². The largest absolute Gasteiger partial charge is 0.0622 e. The van der Waals surface area contributed by atoms with Crippen LogP contribution in [0.5, 0.6) is 0 Å². The highest BCUT2D eigenvalue weighted by molar-refractivity contribution is 5.84. The van der Waals surface area contributed by atoms with Gasteiger partial charge in [0.15, 0.2) is 0 Å². The summed E-state index contributed by atoms with van der Waals surface area (Å²) in [5, 5.41) is 0. The zero-order valence-corrected chi connectivity index (χ0v) is 41.0. The van der Waals surface area contributed by atoms with E-state index >= 15 is 0 Å². The summed E-state index contributed by atoms with van der Waals surface area (Å²) in [7, 11) is 0. The van der Waals surface area contributed by atoms with Crippen LogP contribution in [0.25, 0.3) is 89.0 Å². The summed E-state index contributed by atoms with van der Waals surface area (Å²) >= 11 is 0. The van der Waals surface area contributed by atoms with E-state index in [2.05, 4.69) is 287 Å². The lowest BCUT2D eigenvalue weighted by Gasteiger charge is -2.23. The summed E-state index contributed by atoms with van der Waals surface area (Å²) in [6.45, 7) is 4.81. The Hall–Kier alpha value is -8.58. The van der Waals surface area contributed by atoms with Crippen molar-refractivity contribution < 1.29 is 0 Å². The van der Waals surface area contributed by atoms with Gasteiger partial charge in [0.1, 0.15) is 0 Å². The minimum atomic E-state index is -0.124. The Balaban J connectivity index is 0.789. The van der Waals surface area contributed by atoms with Crippen molar-refractivity contribution in [1.82, 2.24) is 0 Å². The number of hydrogen-bond acceptors (Lipinski definition) is 0. The fraction of sp³-hybridized carbons (Fsp3) is 0.0833. The Labute approximate surface area is 425 Å². The average molecular weight is 921 g/mol. The zero-order chi connectivity index (χ0) is 48.4. The third-order valence-electron chi connectivity index (χ3n) is 15.3. The van der Waals surface area contributed by atoms with Crippen molar-refractivity contribution >= 4 is 0 Å². The summed E-state index contributed by atoms with van der Waals surface area (Å²) in [5.74, 6) is 0.232. The van der Waals surface area contributed by atoms with E-state index in [1.54, 1.807) is 0 Å². The molecule has 72 heavy (non-hydrogen) atoms. The molecular formula is C72H56. The molecule has 12 rings (SSSR count). The number of hydrogen-bond donors (Lipinski definition) is 0. The Morgan fingerprint density at radius 2 is 0.528 bits per heavy atom. The first-order chi connectivity index (χ1) is 35.4. The Kier molecular flexibility index (Phi) is 12.0. The maximum Gasteiger partial charge on any atom is 0.0159 e. The van der Waals surface area contributed by atoms with Gasteiger partial charge in [-0.2, -0.15) is 0 Å². The van der Waals surface area contributed by atoms with Gasteiger partial charge in [0.25, 0.3) is 0 Å². The third kappa shape index (κ3) is 8.93. The monoisotopic (exact) mass is 920 g/mol. The van der Waals surface area contributed by atoms with E-state index < -0.39 is 0 Å². The van der Waals surface area contributed by atoms with Gasteiger partial charge >= 0.3 is 0 Å². The fourth-order valence-electron chi connectivity index (χ4n) is 11.1. The van der Waals surface area contributed by atoms with Crippen LogP contribution in [0.4, 0.5) is 0 Å². The Morgan fingerprint density at radius 1 is 0.264 bits per heavy atom. The molecule has 0 heterocycles. The van der Waals surface area contributed by atoms with Crippen LogP contribution in [-0.4, -0.2) is 0 Å². The molecule has 0 saturated heterocycles. The number of benzene rings is 11. The molecule has 0 saturated carbocycles. The first-order valence-electron chi connectivity index (χ1n) is 25.5. The smallest absolute Gasteiger partial charge is 0.0159 e. The van der Waals surface area contributed by atoms with Gasteiger partial charge in [-0.25, -0.2) is 0 Å². The molecule has 0 nitrogen and oxygen atoms in total. The molecule has 0 aliphatic heterocycles. The maximum absolute atomic E-state index is 2.51. The van der Waals surface area contributed by atoms with Crippen molar-refractivity contribution in [1.29, 1.82) is 0 Å². The molecule has 1 aliphatic carbocycles. The second kappa shape index (κ2) is 19.3. The third-order valence-corrected chi connectivity index (χ3v) is 15.3. The predicted octanol–water partition coefficient (Wildman–Crippen LogP) is 19.4. The normalized spacial score (nSPS) is 12.4. The lowest BCUT2D eigenvalue weighted by Crippen LogP contribution is -2.15. The van der Waals surface area contributed by atoms with Crippen molar-refractivity contribution in [2.24, 2.45) is 0 Å². The van der Waals surface area contributed by atoms with E-state index in [4.69, 9.17) is 0 Å². The summed E-state index contributed by atoms with van der Waals surface area (Å²) in [6, 6.07) is 101. The minimum absolute atomic E-state index is 0.124. The van der Waals surface area contributed by atoms with E-state index in [1.165, 1.54) is 117 Å². The average Bonchev–Trinajstić information content (AvgIpc) is 3.68. The van der Waals surface area contributed by atoms with Crippen molar-refractivity contribution in [2.45, 2.75) is 38.0 Å². The molecule has 0 radical (unpaired) electrons. The number of rotatable bonds is 12. The van der Waals surface area contributed by atoms with Gasteiger partial charge in [-0.05, 0) is 136 Å². The van der Waals surface area contributed by atoms with Crippen LogP contribution in [0.3, 0.4) is 0 Å². The molecule has 0 spiro atoms. The SMILES string of the molecule is CC1(C)c2cc(CCC(c3ccc(-c4ccc(-c5ccccc5)cc4)cc3)c3ccc(-c4ccc(-c5ccccc5)cc4)cc3)ccc2-c2ccc(-c3ccc(-c4ccc(-c5ccccc5)cc4)cc3)cc21. The van der Waals surface area contributed by atoms with Crippen molar-refractivity contribution in [2.75, 3.05) is 0 Å². The molecule has 0 heteroatoms. The van der Waals surface area contributed by atoms with E-state index in [0.29, 0.717) is 0 Å². The molecule has 0 aromatic heterocycles. The summed E-state index contributed by atoms with van der Waals surface area (Å²) in [6.07, 6.45) is 1.97. The molecule has 0 N–H and O–H groups in total. The molecule has 0 amide bonds. The molecule has 344 valence electrons. The first kappa shape index (κ1) is 44.6. The van der Waals surface area contributed by atoms with Crippen LogP contribution < -0.4 is 0 Å². The fourth-order valence-corrected chi connectivity index (χ4v) is 11.1. The minimum Gasteiger partial charge on any atom is -0.0622 e. The van der Waals surface area contributed by atoms with Gasteiger partial charge < -0.3 is 0 Å². The molecule has 0 bridgehead atoms. The predicted molar refractivity (Wildman–Crippen MR) is 305 cm³/mol. The topological polar surface area (TPSA) is 0 Å². The van der Waals surface area contributed by atoms with E-state index in [-0.39, 0.29) is 11.3 Å². The van der Waals surface area contributed by atoms with Gasteiger partial charge in [-0.1, -0.05) is 281 Å². The highest BCUT2D eigenvalue weighted by atomic mass is 14.4. The van der Waals surface area contributed by atoms with E-state index in [9.17, 15) is 0 Å². The van der Waals surface area contributed by atoms with Crippen molar-refractivity contribution in [3.8, 4) is 89.0 Å². The molecule has 0 unspecified atom stereocenters. The lowest BCUT2D eigenvalue weighted by molar-refractivity contribution is 0.657. The van der Waals surface area contributed by atoms with Crippen LogP contribution >= 0.6 is 0 Å². The van der Waals surface area contributed by atoms with Gasteiger partial charge in [-0.3, -0.25) is 0 Å². The highest BCUT2D eigenvalue weighted by Crippen LogP contribution is 2.50. The second-order valence-electron chi connectivity index (χ2n) is 20.0. The Morgan fingerprint density at radius 3 is 0.875 bits per heavy atom. The number of fused-ring (bicyclic) bond motifs is 3. The summed E-state index contributed by atoms with van der Waals surface area (Å²) in [4.78, 5) is 0. The molecular weight excluding hydrogens is 865 g/mol. The van der Waals surface area contributed by atoms with Crippen molar-refractivity contribution in [3.05, 3.63) is 301 Å². The van der Waals surface area contributed by atoms with Crippen LogP contribution in [0, 0.1) is 0 Å². The van der Waals surface area contributed by atoms with Crippen LogP contribution in [-0.2, 0) is 11.8 Å². The molecule has 1 aliphatic rings. The van der Waals surface area contributed by atoms with Gasteiger partial charge in [0.05, 0.1) is 0 Å². The van der Waals surface area contributed by atoms with Crippen LogP contribution in [0.15, 0.2) is 273 Å². The Bertz CT molecular complexity index is 3480. The first-order valence-corrected chi connectivity index (χ1v) is 25.5. The molecule has 0 atom stereocenters. The quantitative estimate of drug-likeness (QED) is 0.115. The van der Waals surface area contributed by atoms with Crippen LogP contribution in [0.1, 0.15) is 54.0 Å². The maximum atomic E-state index is 2.51. The van der Waals surface area contributed by atoms with E-state index in [1.807, 2.05) is 0 Å². The molecule has 11 aromatic carbocycles. The van der Waals surface area contributed by atoms with Crippen LogP contribution in [0.2, 0.25) is 0 Å². The summed E-state index contributed by atoms with van der Waals surface area (Å²) < 4.78 is 0. The zero-order valence-electron chi connectivity index (χ0n) is 41.0. The lowest BCUT2D eigenvalue weighted by atomic mass is 9.80. The standard InChI is InChI=1S/C72H56/c1-72(2)70-48-50(19-46-68(70)69-47-44-66(49-71(69)72)63-34-32-60(33-35-63)57-26-20-54(21-27-57)51-12-6-3-7-13-51)18-45-67(64-40-36-61(37-41-64)58-28-22-55(23-29-58)52-14-8-4-9-15-52)65-42-38-62(39-43-65)59-30-24-56(25-31-59)53-16-10-5-11-17-53/h3-17,19-44,46-49,67H,18,45H2,1-2H3. The van der Waals surface area contributed by atoms with Crippen molar-refractivity contribution in [3.63, 3.8) is 0 Å². The van der Waals surface area contributed by atoms with Gasteiger partial charge in [-0.15, -0.1) is 0 Å². The summed E-state index contributed by atoms with van der Waals surface area (Å²) in [5.41, 5.74) is 26.8. The highest BCUT2D eigenvalue weighted by Gasteiger charge is 2.36. The van der Waals surface area contributed by atoms with Gasteiger partial charge in [0.2, 0.25) is 0 Å². The number of aryl methyl sites for hydroxylation is 1. The molecule has 0 fully saturated rings. The second-order valence-corrected chi connectivity index (χ2v) is 20.0.